The molecule has 0 amide bonds. The number of carbonyl (C=O) groups is 4. The number of epoxide rings is 1. The minimum atomic E-state index is -1.89. The number of ether oxygens (including phenoxy) is 5. The van der Waals surface area contributed by atoms with Crippen molar-refractivity contribution in [2.75, 3.05) is 0 Å². The van der Waals surface area contributed by atoms with Crippen molar-refractivity contribution in [1.82, 2.24) is 0 Å². The van der Waals surface area contributed by atoms with E-state index in [1.54, 1.807) is 6.92 Å². The lowest BCUT2D eigenvalue weighted by Crippen LogP contribution is -2.80. The maximum Gasteiger partial charge on any atom is 0.320 e. The summed E-state index contributed by atoms with van der Waals surface area (Å²) in [6, 6.07) is 0. The van der Waals surface area contributed by atoms with E-state index in [0.717, 1.165) is 0 Å². The second kappa shape index (κ2) is 7.66. The molecule has 206 valence electrons. The topological polar surface area (TPSA) is 158 Å². The zero-order chi connectivity index (χ0) is 27.5. The first-order chi connectivity index (χ1) is 17.0. The predicted octanol–water partition coefficient (Wildman–Crippen LogP) is 1.01. The summed E-state index contributed by atoms with van der Waals surface area (Å²) in [5, 5.41) is 25.1. The van der Waals surface area contributed by atoms with Crippen LogP contribution < -0.4 is 0 Å². The third-order valence-corrected chi connectivity index (χ3v) is 10.3. The zero-order valence-electron chi connectivity index (χ0n) is 22.2. The first-order valence-corrected chi connectivity index (χ1v) is 12.8. The predicted molar refractivity (Wildman–Crippen MR) is 122 cm³/mol. The van der Waals surface area contributed by atoms with E-state index in [0.29, 0.717) is 12.8 Å². The van der Waals surface area contributed by atoms with Gasteiger partial charge in [0.05, 0.1) is 5.60 Å². The molecule has 0 radical (unpaired) electrons. The van der Waals surface area contributed by atoms with E-state index >= 15 is 0 Å². The highest BCUT2D eigenvalue weighted by molar-refractivity contribution is 5.84. The summed E-state index contributed by atoms with van der Waals surface area (Å²) in [7, 11) is 0. The average molecular weight is 525 g/mol. The molecule has 37 heavy (non-hydrogen) atoms. The Bertz CT molecular complexity index is 1070. The molecule has 0 bridgehead atoms. The van der Waals surface area contributed by atoms with Crippen LogP contribution in [-0.4, -0.2) is 76.0 Å². The van der Waals surface area contributed by atoms with Gasteiger partial charge in [-0.2, -0.15) is 0 Å². The number of esters is 4. The standard InChI is InChI=1S/C26H36O11/c1-11(27)33-15-8-9-22(4,5)26(32)18(35-13(3)29)17(34-12(2)28)16-14(23(15,26)6)10-25(24(16,7)31)19-20(36-19)37-21(25)30/h14-20,31-32H,8-10H2,1-7H3/t14-,15-,16-,17+,18-,19-,20-,23-,24+,25-,26+/m0/s1. The van der Waals surface area contributed by atoms with Gasteiger partial charge in [-0.15, -0.1) is 0 Å². The molecular formula is C26H36O11. The molecule has 11 nitrogen and oxygen atoms in total. The summed E-state index contributed by atoms with van der Waals surface area (Å²) in [6.45, 7) is 10.5. The first kappa shape index (κ1) is 26.4. The second-order valence-electron chi connectivity index (χ2n) is 12.5. The molecule has 3 saturated carbocycles. The van der Waals surface area contributed by atoms with Crippen LogP contribution >= 0.6 is 0 Å². The summed E-state index contributed by atoms with van der Waals surface area (Å²) in [6.07, 6.45) is -4.25. The minimum absolute atomic E-state index is 0.0296. The molecule has 2 saturated heterocycles. The van der Waals surface area contributed by atoms with Crippen LogP contribution in [-0.2, 0) is 42.9 Å². The zero-order valence-corrected chi connectivity index (χ0v) is 22.2. The number of fused-ring (bicyclic) bond motifs is 5. The summed E-state index contributed by atoms with van der Waals surface area (Å²) in [5.74, 6) is -4.33. The van der Waals surface area contributed by atoms with Crippen molar-refractivity contribution in [3.8, 4) is 0 Å². The van der Waals surface area contributed by atoms with Gasteiger partial charge in [-0.05, 0) is 37.5 Å². The quantitative estimate of drug-likeness (QED) is 0.308. The molecule has 3 aliphatic carbocycles. The Balaban J connectivity index is 1.79. The maximum atomic E-state index is 13.3. The van der Waals surface area contributed by atoms with Gasteiger partial charge in [0.2, 0.25) is 6.29 Å². The molecule has 0 aromatic heterocycles. The highest BCUT2D eigenvalue weighted by Crippen LogP contribution is 2.75. The lowest BCUT2D eigenvalue weighted by molar-refractivity contribution is -0.340. The van der Waals surface area contributed by atoms with Crippen LogP contribution in [0.15, 0.2) is 0 Å². The lowest BCUT2D eigenvalue weighted by atomic mass is 9.41. The van der Waals surface area contributed by atoms with Gasteiger partial charge >= 0.3 is 23.9 Å². The van der Waals surface area contributed by atoms with Crippen molar-refractivity contribution in [1.29, 1.82) is 0 Å². The largest absolute Gasteiger partial charge is 0.462 e. The summed E-state index contributed by atoms with van der Waals surface area (Å²) in [5.41, 5.74) is -7.50. The number of rotatable bonds is 3. The van der Waals surface area contributed by atoms with Crippen LogP contribution in [0.4, 0.5) is 0 Å². The van der Waals surface area contributed by atoms with Gasteiger partial charge in [0, 0.05) is 32.1 Å². The van der Waals surface area contributed by atoms with Crippen LogP contribution in [0.5, 0.6) is 0 Å². The summed E-state index contributed by atoms with van der Waals surface area (Å²) >= 11 is 0. The highest BCUT2D eigenvalue weighted by atomic mass is 16.8. The summed E-state index contributed by atoms with van der Waals surface area (Å²) < 4.78 is 28.3. The SMILES string of the molecule is CC(=O)O[C@@H]1[C@@H]2[C@H](C[C@]3(C(=O)O[C@@H]4O[C@@H]43)[C@]2(C)O)[C@@]2(C)[C@@H](OC(C)=O)CCC(C)(C)[C@]2(O)[C@H]1OC(C)=O. The number of hydrogen-bond donors (Lipinski definition) is 2. The molecule has 1 spiro atoms. The smallest absolute Gasteiger partial charge is 0.320 e. The fourth-order valence-corrected chi connectivity index (χ4v) is 8.70. The summed E-state index contributed by atoms with van der Waals surface area (Å²) in [4.78, 5) is 50.4. The lowest BCUT2D eigenvalue weighted by Gasteiger charge is -2.68. The first-order valence-electron chi connectivity index (χ1n) is 12.8. The van der Waals surface area contributed by atoms with Crippen molar-refractivity contribution in [3.05, 3.63) is 0 Å². The fourth-order valence-electron chi connectivity index (χ4n) is 8.70. The molecule has 0 aromatic carbocycles. The molecule has 5 rings (SSSR count). The Morgan fingerprint density at radius 2 is 1.54 bits per heavy atom. The molecule has 5 fully saturated rings. The van der Waals surface area contributed by atoms with E-state index in [9.17, 15) is 29.4 Å². The van der Waals surface area contributed by atoms with Crippen LogP contribution in [0.25, 0.3) is 0 Å². The van der Waals surface area contributed by atoms with E-state index < -0.39 is 93.9 Å². The molecule has 2 heterocycles. The highest BCUT2D eigenvalue weighted by Gasteiger charge is 2.87. The number of hydrogen-bond acceptors (Lipinski definition) is 11. The van der Waals surface area contributed by atoms with E-state index in [1.165, 1.54) is 27.7 Å². The molecule has 5 aliphatic rings. The average Bonchev–Trinajstić information content (AvgIpc) is 3.39. The van der Waals surface area contributed by atoms with Gasteiger partial charge in [-0.3, -0.25) is 19.2 Å². The minimum Gasteiger partial charge on any atom is -0.462 e. The number of aliphatic hydroxyl groups is 2. The normalized spacial score (nSPS) is 50.8. The van der Waals surface area contributed by atoms with Gasteiger partial charge in [-0.1, -0.05) is 20.8 Å². The van der Waals surface area contributed by atoms with E-state index in [4.69, 9.17) is 23.7 Å². The van der Waals surface area contributed by atoms with Crippen LogP contribution in [0.3, 0.4) is 0 Å². The van der Waals surface area contributed by atoms with E-state index in [1.807, 2.05) is 13.8 Å². The molecular weight excluding hydrogens is 488 g/mol. The Morgan fingerprint density at radius 3 is 2.05 bits per heavy atom. The van der Waals surface area contributed by atoms with Crippen LogP contribution in [0.1, 0.15) is 67.7 Å². The number of carbonyl (C=O) groups excluding carboxylic acids is 4. The Morgan fingerprint density at radius 1 is 0.946 bits per heavy atom. The van der Waals surface area contributed by atoms with Gasteiger partial charge in [0.25, 0.3) is 0 Å². The van der Waals surface area contributed by atoms with Crippen molar-refractivity contribution < 1.29 is 53.1 Å². The fraction of sp³-hybridized carbons (Fsp3) is 0.846. The molecule has 2 N–H and O–H groups in total. The van der Waals surface area contributed by atoms with E-state index in [-0.39, 0.29) is 6.42 Å². The van der Waals surface area contributed by atoms with Gasteiger partial charge in [0.15, 0.2) is 6.10 Å². The van der Waals surface area contributed by atoms with Gasteiger partial charge in [0.1, 0.15) is 29.3 Å². The van der Waals surface area contributed by atoms with Crippen LogP contribution in [0, 0.1) is 28.1 Å². The molecule has 0 aromatic rings. The Labute approximate surface area is 215 Å². The van der Waals surface area contributed by atoms with Crippen LogP contribution in [0.2, 0.25) is 0 Å². The second-order valence-corrected chi connectivity index (χ2v) is 12.5. The van der Waals surface area contributed by atoms with Gasteiger partial charge in [-0.25, -0.2) is 0 Å². The van der Waals surface area contributed by atoms with Gasteiger partial charge < -0.3 is 33.9 Å². The molecule has 11 atom stereocenters. The maximum absolute atomic E-state index is 13.3. The Hall–Kier alpha value is -2.24. The third kappa shape index (κ3) is 3.04. The van der Waals surface area contributed by atoms with Crippen molar-refractivity contribution >= 4 is 23.9 Å². The van der Waals surface area contributed by atoms with Crippen molar-refractivity contribution in [3.63, 3.8) is 0 Å². The third-order valence-electron chi connectivity index (χ3n) is 10.3. The van der Waals surface area contributed by atoms with Crippen molar-refractivity contribution in [2.24, 2.45) is 28.1 Å². The van der Waals surface area contributed by atoms with Crippen molar-refractivity contribution in [2.45, 2.75) is 110 Å². The Kier molecular flexibility index (Phi) is 5.46. The monoisotopic (exact) mass is 524 g/mol. The molecule has 2 aliphatic heterocycles. The molecule has 11 heteroatoms. The molecule has 0 unspecified atom stereocenters. The van der Waals surface area contributed by atoms with E-state index in [2.05, 4.69) is 0 Å².